The number of fused-ring (bicyclic) bond motifs is 10. The van der Waals surface area contributed by atoms with Crippen molar-refractivity contribution in [3.8, 4) is 56.4 Å². The highest BCUT2D eigenvalue weighted by molar-refractivity contribution is 5.98. The van der Waals surface area contributed by atoms with Gasteiger partial charge in [-0.05, 0) is 62.6 Å². The molecule has 0 saturated heterocycles. The van der Waals surface area contributed by atoms with Crippen molar-refractivity contribution < 1.29 is 4.74 Å². The summed E-state index contributed by atoms with van der Waals surface area (Å²) in [6.07, 6.45) is 0. The molecule has 0 bridgehead atoms. The summed E-state index contributed by atoms with van der Waals surface area (Å²) in [5.74, 6) is 2.54. The van der Waals surface area contributed by atoms with Gasteiger partial charge in [-0.1, -0.05) is 166 Å². The lowest BCUT2D eigenvalue weighted by atomic mass is 9.66. The van der Waals surface area contributed by atoms with Crippen LogP contribution in [0, 0.1) is 0 Å². The summed E-state index contributed by atoms with van der Waals surface area (Å²) in [6.45, 7) is 6.71. The van der Waals surface area contributed by atoms with E-state index in [9.17, 15) is 0 Å². The second-order valence-corrected chi connectivity index (χ2v) is 14.9. The van der Waals surface area contributed by atoms with Gasteiger partial charge in [-0.3, -0.25) is 0 Å². The molecule has 3 heteroatoms. The molecule has 52 heavy (non-hydrogen) atoms. The number of benzene rings is 7. The molecule has 0 amide bonds. The molecular formula is C49H36N2O. The maximum atomic E-state index is 6.54. The van der Waals surface area contributed by atoms with Crippen LogP contribution in [0.4, 0.5) is 0 Å². The Morgan fingerprint density at radius 3 is 1.73 bits per heavy atom. The zero-order chi connectivity index (χ0) is 35.0. The van der Waals surface area contributed by atoms with Gasteiger partial charge in [-0.25, -0.2) is 9.97 Å². The van der Waals surface area contributed by atoms with Crippen molar-refractivity contribution in [1.29, 1.82) is 0 Å². The van der Waals surface area contributed by atoms with Gasteiger partial charge in [-0.2, -0.15) is 0 Å². The topological polar surface area (TPSA) is 35.0 Å². The van der Waals surface area contributed by atoms with Crippen LogP contribution in [0.25, 0.3) is 55.8 Å². The smallest absolute Gasteiger partial charge is 0.160 e. The van der Waals surface area contributed by atoms with Gasteiger partial charge in [-0.15, -0.1) is 0 Å². The molecular weight excluding hydrogens is 633 g/mol. The van der Waals surface area contributed by atoms with Crippen molar-refractivity contribution in [3.63, 3.8) is 0 Å². The molecule has 8 aromatic rings. The molecule has 3 nitrogen and oxygen atoms in total. The summed E-state index contributed by atoms with van der Waals surface area (Å²) in [6, 6.07) is 58.7. The third-order valence-corrected chi connectivity index (χ3v) is 11.0. The van der Waals surface area contributed by atoms with Crippen LogP contribution in [0.15, 0.2) is 164 Å². The van der Waals surface area contributed by atoms with Gasteiger partial charge in [0.25, 0.3) is 0 Å². The first kappa shape index (κ1) is 30.5. The predicted molar refractivity (Wildman–Crippen MR) is 212 cm³/mol. The van der Waals surface area contributed by atoms with Crippen LogP contribution in [0.1, 0.15) is 48.6 Å². The molecule has 0 atom stereocenters. The number of rotatable bonds is 3. The molecule has 1 aliphatic carbocycles. The van der Waals surface area contributed by atoms with E-state index in [0.717, 1.165) is 50.6 Å². The molecule has 248 valence electrons. The van der Waals surface area contributed by atoms with E-state index in [4.69, 9.17) is 14.7 Å². The van der Waals surface area contributed by atoms with Crippen molar-refractivity contribution in [2.75, 3.05) is 0 Å². The molecule has 0 saturated carbocycles. The van der Waals surface area contributed by atoms with E-state index in [0.29, 0.717) is 0 Å². The van der Waals surface area contributed by atoms with E-state index < -0.39 is 5.41 Å². The van der Waals surface area contributed by atoms with Crippen LogP contribution in [0.3, 0.4) is 0 Å². The van der Waals surface area contributed by atoms with Crippen molar-refractivity contribution in [2.24, 2.45) is 0 Å². The molecule has 1 aliphatic heterocycles. The quantitative estimate of drug-likeness (QED) is 0.188. The van der Waals surface area contributed by atoms with Crippen molar-refractivity contribution in [1.82, 2.24) is 9.97 Å². The summed E-state index contributed by atoms with van der Waals surface area (Å²) in [5.41, 5.74) is 14.6. The lowest BCUT2D eigenvalue weighted by Crippen LogP contribution is -2.32. The Morgan fingerprint density at radius 1 is 0.462 bits per heavy atom. The number of ether oxygens (including phenoxy) is 1. The molecule has 2 aliphatic rings. The van der Waals surface area contributed by atoms with Gasteiger partial charge >= 0.3 is 0 Å². The average Bonchev–Trinajstić information content (AvgIpc) is 3.48. The molecule has 2 heterocycles. The molecule has 1 aromatic heterocycles. The zero-order valence-corrected chi connectivity index (χ0v) is 29.4. The highest BCUT2D eigenvalue weighted by Gasteiger charge is 2.51. The van der Waals surface area contributed by atoms with E-state index >= 15 is 0 Å². The Morgan fingerprint density at radius 2 is 1.02 bits per heavy atom. The van der Waals surface area contributed by atoms with E-state index in [1.165, 1.54) is 44.5 Å². The van der Waals surface area contributed by atoms with Crippen LogP contribution in [0.5, 0.6) is 11.5 Å². The van der Waals surface area contributed by atoms with Gasteiger partial charge < -0.3 is 4.74 Å². The SMILES string of the molecule is CC(C)(C)c1ccc(-c2nc(-c3ccc(-c4cccc5c4-c4ccccc4C54c5ccccc5Oc5ccccc54)cc3)c3ccccc3n2)cc1. The number of para-hydroxylation sites is 3. The van der Waals surface area contributed by atoms with Crippen LogP contribution < -0.4 is 4.74 Å². The third-order valence-electron chi connectivity index (χ3n) is 11.0. The summed E-state index contributed by atoms with van der Waals surface area (Å²) in [7, 11) is 0. The lowest BCUT2D eigenvalue weighted by Gasteiger charge is -2.39. The molecule has 0 radical (unpaired) electrons. The molecule has 0 fully saturated rings. The van der Waals surface area contributed by atoms with Crippen LogP contribution >= 0.6 is 0 Å². The number of hydrogen-bond acceptors (Lipinski definition) is 3. The fourth-order valence-corrected chi connectivity index (χ4v) is 8.50. The minimum absolute atomic E-state index is 0.0804. The van der Waals surface area contributed by atoms with Gasteiger partial charge in [0.05, 0.1) is 16.6 Å². The average molecular weight is 669 g/mol. The van der Waals surface area contributed by atoms with Crippen LogP contribution in [-0.4, -0.2) is 9.97 Å². The Balaban J connectivity index is 1.13. The van der Waals surface area contributed by atoms with Crippen LogP contribution in [0.2, 0.25) is 0 Å². The van der Waals surface area contributed by atoms with E-state index in [2.05, 4.69) is 178 Å². The van der Waals surface area contributed by atoms with Crippen LogP contribution in [-0.2, 0) is 10.8 Å². The Hall–Kier alpha value is -6.32. The Bertz CT molecular complexity index is 2640. The second-order valence-electron chi connectivity index (χ2n) is 14.9. The minimum Gasteiger partial charge on any atom is -0.457 e. The fourth-order valence-electron chi connectivity index (χ4n) is 8.50. The monoisotopic (exact) mass is 668 g/mol. The number of aromatic nitrogens is 2. The summed E-state index contributed by atoms with van der Waals surface area (Å²) in [5, 5.41) is 1.04. The first-order valence-electron chi connectivity index (χ1n) is 18.0. The molecule has 0 unspecified atom stereocenters. The first-order chi connectivity index (χ1) is 25.4. The number of nitrogens with zero attached hydrogens (tertiary/aromatic N) is 2. The second kappa shape index (κ2) is 11.3. The maximum absolute atomic E-state index is 6.54. The molecule has 7 aromatic carbocycles. The molecule has 1 spiro atoms. The standard InChI is InChI=1S/C49H36N2O/c1-48(2,3)34-29-27-33(28-30-34)47-50-42-20-9-5-14-37(42)46(51-47)32-25-23-31(24-26-32)35-15-12-19-41-45(35)36-13-4-6-16-38(36)49(41)39-17-7-10-21-43(39)52-44-22-11-8-18-40(44)49/h4-30H,1-3H3. The Kier molecular flexibility index (Phi) is 6.65. The van der Waals surface area contributed by atoms with Gasteiger partial charge in [0, 0.05) is 27.6 Å². The van der Waals surface area contributed by atoms with E-state index in [1.54, 1.807) is 0 Å². The largest absolute Gasteiger partial charge is 0.457 e. The van der Waals surface area contributed by atoms with E-state index in [-0.39, 0.29) is 5.41 Å². The maximum Gasteiger partial charge on any atom is 0.160 e. The Labute approximate surface area is 304 Å². The zero-order valence-electron chi connectivity index (χ0n) is 29.4. The fraction of sp³-hybridized carbons (Fsp3) is 0.102. The normalized spacial score (nSPS) is 13.6. The van der Waals surface area contributed by atoms with E-state index in [1.807, 2.05) is 6.07 Å². The van der Waals surface area contributed by atoms with Crippen molar-refractivity contribution in [2.45, 2.75) is 31.6 Å². The highest BCUT2D eigenvalue weighted by Crippen LogP contribution is 2.63. The van der Waals surface area contributed by atoms with Crippen molar-refractivity contribution >= 4 is 10.9 Å². The molecule has 0 N–H and O–H groups in total. The van der Waals surface area contributed by atoms with Gasteiger partial charge in [0.1, 0.15) is 11.5 Å². The summed E-state index contributed by atoms with van der Waals surface area (Å²) >= 11 is 0. The predicted octanol–water partition coefficient (Wildman–Crippen LogP) is 12.4. The lowest BCUT2D eigenvalue weighted by molar-refractivity contribution is 0.436. The van der Waals surface area contributed by atoms with Gasteiger partial charge in [0.2, 0.25) is 0 Å². The summed E-state index contributed by atoms with van der Waals surface area (Å²) < 4.78 is 6.54. The number of hydrogen-bond donors (Lipinski definition) is 0. The summed E-state index contributed by atoms with van der Waals surface area (Å²) in [4.78, 5) is 10.2. The minimum atomic E-state index is -0.491. The highest BCUT2D eigenvalue weighted by atomic mass is 16.5. The first-order valence-corrected chi connectivity index (χ1v) is 18.0. The van der Waals surface area contributed by atoms with Crippen molar-refractivity contribution in [3.05, 3.63) is 192 Å². The third kappa shape index (κ3) is 4.45. The van der Waals surface area contributed by atoms with Gasteiger partial charge in [0.15, 0.2) is 5.82 Å². The molecule has 10 rings (SSSR count).